The van der Waals surface area contributed by atoms with Crippen molar-refractivity contribution < 1.29 is 9.32 Å². The predicted molar refractivity (Wildman–Crippen MR) is 125 cm³/mol. The van der Waals surface area contributed by atoms with Crippen LogP contribution in [0.1, 0.15) is 46.1 Å². The maximum Gasteiger partial charge on any atom is 0.254 e. The first-order valence-electron chi connectivity index (χ1n) is 11.2. The summed E-state index contributed by atoms with van der Waals surface area (Å²) in [5, 5.41) is 4.04. The Hall–Kier alpha value is -3.87. The Balaban J connectivity index is 1.43. The van der Waals surface area contributed by atoms with E-state index in [1.54, 1.807) is 12.4 Å². The van der Waals surface area contributed by atoms with Gasteiger partial charge in [0.2, 0.25) is 0 Å². The molecule has 0 saturated carbocycles. The number of carbonyl (C=O) groups is 1. The molecule has 4 heterocycles. The van der Waals surface area contributed by atoms with Gasteiger partial charge in [-0.15, -0.1) is 0 Å². The van der Waals surface area contributed by atoms with E-state index in [1.165, 1.54) is 0 Å². The number of pyridine rings is 1. The minimum Gasteiger partial charge on any atom is -0.356 e. The number of hydrogen-bond donors (Lipinski definition) is 0. The summed E-state index contributed by atoms with van der Waals surface area (Å²) in [5.74, 6) is 1.58. The molecular weight excluding hydrogens is 414 g/mol. The third-order valence-corrected chi connectivity index (χ3v) is 6.18. The van der Waals surface area contributed by atoms with Crippen molar-refractivity contribution in [3.8, 4) is 22.7 Å². The SMILES string of the molecule is Cc1cc(-c2cnc(-c3cccnc3)nc2C2CCN(C(=O)c3ccccc3C)CC2)on1. The summed E-state index contributed by atoms with van der Waals surface area (Å²) in [6.07, 6.45) is 6.95. The molecule has 0 radical (unpaired) electrons. The van der Waals surface area contributed by atoms with Gasteiger partial charge in [-0.2, -0.15) is 0 Å². The van der Waals surface area contributed by atoms with E-state index < -0.39 is 0 Å². The summed E-state index contributed by atoms with van der Waals surface area (Å²) in [5.41, 5.74) is 5.24. The van der Waals surface area contributed by atoms with Crippen LogP contribution in [0.4, 0.5) is 0 Å². The maximum absolute atomic E-state index is 13.1. The topological polar surface area (TPSA) is 85.0 Å². The lowest BCUT2D eigenvalue weighted by Gasteiger charge is -2.32. The first kappa shape index (κ1) is 21.0. The molecule has 166 valence electrons. The molecule has 1 aromatic carbocycles. The highest BCUT2D eigenvalue weighted by Crippen LogP contribution is 2.35. The van der Waals surface area contributed by atoms with Crippen LogP contribution in [0.25, 0.3) is 22.7 Å². The van der Waals surface area contributed by atoms with E-state index in [-0.39, 0.29) is 11.8 Å². The lowest BCUT2D eigenvalue weighted by molar-refractivity contribution is 0.0711. The van der Waals surface area contributed by atoms with Gasteiger partial charge in [-0.3, -0.25) is 9.78 Å². The number of aryl methyl sites for hydroxylation is 2. The fraction of sp³-hybridized carbons (Fsp3) is 0.269. The maximum atomic E-state index is 13.1. The predicted octanol–water partition coefficient (Wildman–Crippen LogP) is 4.83. The summed E-state index contributed by atoms with van der Waals surface area (Å²) in [7, 11) is 0. The van der Waals surface area contributed by atoms with Crippen LogP contribution >= 0.6 is 0 Å². The Morgan fingerprint density at radius 1 is 1.06 bits per heavy atom. The molecule has 1 fully saturated rings. The normalized spacial score (nSPS) is 14.4. The van der Waals surface area contributed by atoms with Crippen molar-refractivity contribution in [1.29, 1.82) is 0 Å². The monoisotopic (exact) mass is 439 g/mol. The molecule has 7 nitrogen and oxygen atoms in total. The molecule has 5 rings (SSSR count). The highest BCUT2D eigenvalue weighted by molar-refractivity contribution is 5.95. The highest BCUT2D eigenvalue weighted by Gasteiger charge is 2.29. The molecule has 1 aliphatic heterocycles. The van der Waals surface area contributed by atoms with Crippen LogP contribution in [-0.2, 0) is 0 Å². The number of amides is 1. The summed E-state index contributed by atoms with van der Waals surface area (Å²) >= 11 is 0. The van der Waals surface area contributed by atoms with Gasteiger partial charge in [-0.05, 0) is 50.5 Å². The van der Waals surface area contributed by atoms with Gasteiger partial charge in [0.25, 0.3) is 5.91 Å². The van der Waals surface area contributed by atoms with Crippen LogP contribution in [0.3, 0.4) is 0 Å². The average molecular weight is 440 g/mol. The molecule has 0 aliphatic carbocycles. The number of rotatable bonds is 4. The van der Waals surface area contributed by atoms with Crippen LogP contribution in [-0.4, -0.2) is 44.0 Å². The molecule has 1 saturated heterocycles. The molecule has 1 aliphatic rings. The summed E-state index contributed by atoms with van der Waals surface area (Å²) < 4.78 is 5.55. The third-order valence-electron chi connectivity index (χ3n) is 6.18. The number of likely N-dealkylation sites (tertiary alicyclic amines) is 1. The zero-order valence-corrected chi connectivity index (χ0v) is 18.7. The van der Waals surface area contributed by atoms with Crippen LogP contribution in [0.2, 0.25) is 0 Å². The van der Waals surface area contributed by atoms with Gasteiger partial charge in [0, 0.05) is 54.8 Å². The molecular formula is C26H25N5O2. The van der Waals surface area contributed by atoms with Crippen LogP contribution in [0, 0.1) is 13.8 Å². The zero-order valence-electron chi connectivity index (χ0n) is 18.7. The average Bonchev–Trinajstić information content (AvgIpc) is 3.30. The van der Waals surface area contributed by atoms with Gasteiger partial charge in [0.1, 0.15) is 0 Å². The van der Waals surface area contributed by atoms with Crippen molar-refractivity contribution in [3.05, 3.63) is 83.6 Å². The third kappa shape index (κ3) is 4.26. The Morgan fingerprint density at radius 3 is 2.58 bits per heavy atom. The van der Waals surface area contributed by atoms with Crippen LogP contribution in [0.5, 0.6) is 0 Å². The molecule has 0 unspecified atom stereocenters. The Morgan fingerprint density at radius 2 is 1.88 bits per heavy atom. The van der Waals surface area contributed by atoms with Gasteiger partial charge in [-0.1, -0.05) is 23.4 Å². The standard InChI is InChI=1S/C26H25N5O2/c1-17-6-3-4-8-21(17)26(32)31-12-9-19(10-13-31)24-22(23-14-18(2)30-33-23)16-28-25(29-24)20-7-5-11-27-15-20/h3-8,11,14-16,19H,9-10,12-13H2,1-2H3. The number of benzene rings is 1. The number of piperidine rings is 1. The number of carbonyl (C=O) groups excluding carboxylic acids is 1. The lowest BCUT2D eigenvalue weighted by atomic mass is 9.89. The van der Waals surface area contributed by atoms with Gasteiger partial charge < -0.3 is 9.42 Å². The van der Waals surface area contributed by atoms with Crippen molar-refractivity contribution >= 4 is 5.91 Å². The molecule has 7 heteroatoms. The van der Waals surface area contributed by atoms with Crippen LogP contribution < -0.4 is 0 Å². The fourth-order valence-corrected chi connectivity index (χ4v) is 4.36. The molecule has 0 spiro atoms. The zero-order chi connectivity index (χ0) is 22.8. The van der Waals surface area contributed by atoms with E-state index in [4.69, 9.17) is 9.51 Å². The number of aromatic nitrogens is 4. The molecule has 4 aromatic rings. The number of nitrogens with zero attached hydrogens (tertiary/aromatic N) is 5. The minimum atomic E-state index is 0.0939. The summed E-state index contributed by atoms with van der Waals surface area (Å²) in [6, 6.07) is 13.5. The molecule has 0 N–H and O–H groups in total. The molecule has 1 amide bonds. The first-order valence-corrected chi connectivity index (χ1v) is 11.2. The van der Waals surface area contributed by atoms with Crippen molar-refractivity contribution in [2.24, 2.45) is 0 Å². The second kappa shape index (κ2) is 8.94. The van der Waals surface area contributed by atoms with Gasteiger partial charge in [0.15, 0.2) is 11.6 Å². The lowest BCUT2D eigenvalue weighted by Crippen LogP contribution is -2.38. The van der Waals surface area contributed by atoms with E-state index in [0.29, 0.717) is 24.7 Å². The smallest absolute Gasteiger partial charge is 0.254 e. The summed E-state index contributed by atoms with van der Waals surface area (Å²) in [6.45, 7) is 5.23. The largest absolute Gasteiger partial charge is 0.356 e. The quantitative estimate of drug-likeness (QED) is 0.453. The first-order chi connectivity index (χ1) is 16.1. The van der Waals surface area contributed by atoms with Gasteiger partial charge >= 0.3 is 0 Å². The Bertz CT molecular complexity index is 1280. The van der Waals surface area contributed by atoms with Crippen LogP contribution in [0.15, 0.2) is 65.6 Å². The van der Waals surface area contributed by atoms with E-state index >= 15 is 0 Å². The van der Waals surface area contributed by atoms with E-state index in [0.717, 1.165) is 46.5 Å². The Kier molecular flexibility index (Phi) is 5.69. The molecule has 3 aromatic heterocycles. The van der Waals surface area contributed by atoms with Crippen molar-refractivity contribution in [3.63, 3.8) is 0 Å². The summed E-state index contributed by atoms with van der Waals surface area (Å²) in [4.78, 5) is 28.7. The van der Waals surface area contributed by atoms with Crippen molar-refractivity contribution in [1.82, 2.24) is 25.0 Å². The number of hydrogen-bond acceptors (Lipinski definition) is 6. The Labute approximate surface area is 192 Å². The van der Waals surface area contributed by atoms with Gasteiger partial charge in [0.05, 0.1) is 17.0 Å². The minimum absolute atomic E-state index is 0.0939. The van der Waals surface area contributed by atoms with E-state index in [2.05, 4.69) is 15.1 Å². The van der Waals surface area contributed by atoms with E-state index in [1.807, 2.05) is 67.4 Å². The second-order valence-corrected chi connectivity index (χ2v) is 8.45. The van der Waals surface area contributed by atoms with E-state index in [9.17, 15) is 4.79 Å². The molecule has 33 heavy (non-hydrogen) atoms. The fourth-order valence-electron chi connectivity index (χ4n) is 4.36. The molecule has 0 bridgehead atoms. The molecule has 0 atom stereocenters. The van der Waals surface area contributed by atoms with Crippen molar-refractivity contribution in [2.45, 2.75) is 32.6 Å². The van der Waals surface area contributed by atoms with Gasteiger partial charge in [-0.25, -0.2) is 9.97 Å². The second-order valence-electron chi connectivity index (χ2n) is 8.45. The highest BCUT2D eigenvalue weighted by atomic mass is 16.5. The van der Waals surface area contributed by atoms with Crippen molar-refractivity contribution in [2.75, 3.05) is 13.1 Å².